The molecule has 0 radical (unpaired) electrons. The highest BCUT2D eigenvalue weighted by atomic mass is 79.9. The molecule has 1 aromatic carbocycles. The van der Waals surface area contributed by atoms with Crippen LogP contribution in [0, 0.1) is 5.82 Å². The van der Waals surface area contributed by atoms with Crippen LogP contribution in [0.1, 0.15) is 17.3 Å². The lowest BCUT2D eigenvalue weighted by molar-refractivity contribution is 0.0953. The summed E-state index contributed by atoms with van der Waals surface area (Å²) in [5, 5.41) is 2.17. The molecule has 0 saturated carbocycles. The van der Waals surface area contributed by atoms with Gasteiger partial charge in [-0.2, -0.15) is 0 Å². The summed E-state index contributed by atoms with van der Waals surface area (Å²) in [6, 6.07) is 1.86. The maximum Gasteiger partial charge on any atom is 0.262 e. The molecule has 0 saturated heterocycles. The highest BCUT2D eigenvalue weighted by molar-refractivity contribution is 9.10. The molecule has 2 atom stereocenters. The van der Waals surface area contributed by atoms with Gasteiger partial charge in [-0.3, -0.25) is 9.00 Å². The van der Waals surface area contributed by atoms with Gasteiger partial charge in [0.05, 0.1) is 4.47 Å². The number of rotatable bonds is 5. The van der Waals surface area contributed by atoms with Gasteiger partial charge in [-0.05, 0) is 35.0 Å². The number of halogens is 3. The zero-order valence-electron chi connectivity index (χ0n) is 11.0. The molecule has 0 aliphatic carbocycles. The third-order valence-electron chi connectivity index (χ3n) is 2.64. The van der Waals surface area contributed by atoms with E-state index in [4.69, 9.17) is 10.7 Å². The van der Waals surface area contributed by atoms with E-state index in [2.05, 4.69) is 21.2 Å². The molecule has 1 amide bonds. The molecule has 0 aromatic heterocycles. The molecule has 0 spiro atoms. The smallest absolute Gasteiger partial charge is 0.262 e. The third-order valence-corrected chi connectivity index (χ3v) is 6.35. The Morgan fingerprint density at radius 1 is 1.52 bits per heavy atom. The molecule has 0 bridgehead atoms. The van der Waals surface area contributed by atoms with E-state index in [-0.39, 0.29) is 21.8 Å². The van der Waals surface area contributed by atoms with Gasteiger partial charge < -0.3 is 5.32 Å². The first-order valence-electron chi connectivity index (χ1n) is 5.58. The molecule has 0 heterocycles. The molecule has 1 aromatic rings. The summed E-state index contributed by atoms with van der Waals surface area (Å²) in [6.45, 7) is 1.79. The zero-order valence-corrected chi connectivity index (χ0v) is 15.0. The summed E-state index contributed by atoms with van der Waals surface area (Å²) >= 11 is 2.77. The van der Waals surface area contributed by atoms with E-state index in [0.29, 0.717) is 0 Å². The molecule has 0 aliphatic heterocycles. The van der Waals surface area contributed by atoms with Gasteiger partial charge in [0.25, 0.3) is 15.0 Å². The number of hydrogen-bond acceptors (Lipinski definition) is 4. The Morgan fingerprint density at radius 2 is 2.10 bits per heavy atom. The van der Waals surface area contributed by atoms with E-state index in [1.807, 2.05) is 0 Å². The van der Waals surface area contributed by atoms with Crippen molar-refractivity contribution >= 4 is 52.4 Å². The average molecular weight is 421 g/mol. The quantitative estimate of drug-likeness (QED) is 0.739. The second kappa shape index (κ2) is 7.17. The first kappa shape index (κ1) is 18.5. The Labute approximate surface area is 137 Å². The summed E-state index contributed by atoms with van der Waals surface area (Å²) < 4.78 is 47.2. The van der Waals surface area contributed by atoms with E-state index < -0.39 is 36.5 Å². The molecule has 1 N–H and O–H groups in total. The lowest BCUT2D eigenvalue weighted by Gasteiger charge is -2.11. The fraction of sp³-hybridized carbons (Fsp3) is 0.364. The Balaban J connectivity index is 3.07. The van der Waals surface area contributed by atoms with Crippen LogP contribution >= 0.6 is 26.6 Å². The van der Waals surface area contributed by atoms with Crippen LogP contribution in [0.15, 0.2) is 21.5 Å². The molecule has 10 heteroatoms. The van der Waals surface area contributed by atoms with Crippen molar-refractivity contribution in [1.29, 1.82) is 0 Å². The van der Waals surface area contributed by atoms with E-state index >= 15 is 0 Å². The maximum atomic E-state index is 13.7. The molecule has 5 nitrogen and oxygen atoms in total. The lowest BCUT2D eigenvalue weighted by Crippen LogP contribution is -2.32. The van der Waals surface area contributed by atoms with Crippen LogP contribution in [0.5, 0.6) is 0 Å². The monoisotopic (exact) mass is 419 g/mol. The molecular weight excluding hydrogens is 409 g/mol. The minimum Gasteiger partial charge on any atom is -0.351 e. The van der Waals surface area contributed by atoms with Crippen molar-refractivity contribution in [2.75, 3.05) is 12.8 Å². The van der Waals surface area contributed by atoms with Crippen molar-refractivity contribution in [3.63, 3.8) is 0 Å². The first-order chi connectivity index (χ1) is 9.54. The van der Waals surface area contributed by atoms with Crippen LogP contribution in [-0.2, 0) is 19.9 Å². The second-order valence-electron chi connectivity index (χ2n) is 4.23. The van der Waals surface area contributed by atoms with Crippen molar-refractivity contribution < 1.29 is 21.8 Å². The Morgan fingerprint density at radius 3 is 2.57 bits per heavy atom. The minimum absolute atomic E-state index is 0.114. The summed E-state index contributed by atoms with van der Waals surface area (Å²) in [6.07, 6.45) is 1.49. The van der Waals surface area contributed by atoms with Gasteiger partial charge in [-0.1, -0.05) is 0 Å². The van der Waals surface area contributed by atoms with Gasteiger partial charge in [0.1, 0.15) is 10.7 Å². The number of hydrogen-bond donors (Lipinski definition) is 1. The summed E-state index contributed by atoms with van der Waals surface area (Å²) in [5.41, 5.74) is -0.191. The second-order valence-corrected chi connectivity index (χ2v) is 9.36. The van der Waals surface area contributed by atoms with Crippen LogP contribution < -0.4 is 5.32 Å². The van der Waals surface area contributed by atoms with Crippen LogP contribution in [-0.4, -0.2) is 36.6 Å². The Kier molecular flexibility index (Phi) is 6.33. The normalized spacial score (nSPS) is 14.5. The van der Waals surface area contributed by atoms with Gasteiger partial charge in [-0.25, -0.2) is 12.8 Å². The third kappa shape index (κ3) is 5.01. The van der Waals surface area contributed by atoms with Gasteiger partial charge in [0.2, 0.25) is 0 Å². The molecule has 0 aliphatic rings. The molecule has 1 rings (SSSR count). The van der Waals surface area contributed by atoms with E-state index in [0.717, 1.165) is 12.1 Å². The molecule has 2 unspecified atom stereocenters. The molecule has 0 fully saturated rings. The lowest BCUT2D eigenvalue weighted by atomic mass is 10.2. The minimum atomic E-state index is -4.20. The topological polar surface area (TPSA) is 80.3 Å². The number of carbonyl (C=O) groups excluding carboxylic acids is 1. The fourth-order valence-electron chi connectivity index (χ4n) is 1.33. The maximum absolute atomic E-state index is 13.7. The van der Waals surface area contributed by atoms with E-state index in [9.17, 15) is 21.8 Å². The van der Waals surface area contributed by atoms with Crippen LogP contribution in [0.4, 0.5) is 4.39 Å². The van der Waals surface area contributed by atoms with Gasteiger partial charge in [0, 0.05) is 45.1 Å². The largest absolute Gasteiger partial charge is 0.351 e. The SMILES string of the molecule is CC(CNC(=O)c1cc(F)c(Br)c(S(=O)(=O)Cl)c1)S(C)=O. The van der Waals surface area contributed by atoms with Gasteiger partial charge in [-0.15, -0.1) is 0 Å². The van der Waals surface area contributed by atoms with E-state index in [1.54, 1.807) is 6.92 Å². The molecule has 21 heavy (non-hydrogen) atoms. The van der Waals surface area contributed by atoms with Crippen LogP contribution in [0.3, 0.4) is 0 Å². The summed E-state index contributed by atoms with van der Waals surface area (Å²) in [5.74, 6) is -1.60. The number of amides is 1. The van der Waals surface area contributed by atoms with Gasteiger partial charge >= 0.3 is 0 Å². The highest BCUT2D eigenvalue weighted by Gasteiger charge is 2.21. The predicted molar refractivity (Wildman–Crippen MR) is 83.0 cm³/mol. The number of benzene rings is 1. The average Bonchev–Trinajstić information content (AvgIpc) is 2.36. The van der Waals surface area contributed by atoms with Crippen molar-refractivity contribution in [2.24, 2.45) is 0 Å². The zero-order chi connectivity index (χ0) is 16.4. The number of nitrogens with one attached hydrogen (secondary N) is 1. The standard InChI is InChI=1S/C11H12BrClFNO4S2/c1-6(20(2)17)5-15-11(16)7-3-8(14)10(12)9(4-7)21(13,18)19/h3-4,6H,5H2,1-2H3,(H,15,16). The fourth-order valence-corrected chi connectivity index (χ4v) is 3.74. The first-order valence-corrected chi connectivity index (χ1v) is 10.3. The Hall–Kier alpha value is -0.510. The predicted octanol–water partition coefficient (Wildman–Crippen LogP) is 2.01. The van der Waals surface area contributed by atoms with Crippen LogP contribution in [0.2, 0.25) is 0 Å². The number of carbonyl (C=O) groups is 1. The highest BCUT2D eigenvalue weighted by Crippen LogP contribution is 2.29. The summed E-state index contributed by atoms with van der Waals surface area (Å²) in [7, 11) is -0.138. The summed E-state index contributed by atoms with van der Waals surface area (Å²) in [4.78, 5) is 11.4. The van der Waals surface area contributed by atoms with Gasteiger partial charge in [0.15, 0.2) is 0 Å². The Bertz CT molecular complexity index is 696. The van der Waals surface area contributed by atoms with Crippen molar-refractivity contribution in [1.82, 2.24) is 5.32 Å². The van der Waals surface area contributed by atoms with Crippen LogP contribution in [0.25, 0.3) is 0 Å². The van der Waals surface area contributed by atoms with Crippen molar-refractivity contribution in [3.05, 3.63) is 28.0 Å². The van der Waals surface area contributed by atoms with Crippen molar-refractivity contribution in [3.8, 4) is 0 Å². The molecule has 118 valence electrons. The molecular formula is C11H12BrClFNO4S2. The van der Waals surface area contributed by atoms with Crippen molar-refractivity contribution in [2.45, 2.75) is 17.1 Å². The van der Waals surface area contributed by atoms with E-state index in [1.165, 1.54) is 6.26 Å².